The molecule has 0 aliphatic carbocycles. The first-order valence-corrected chi connectivity index (χ1v) is 6.62. The fourth-order valence-electron chi connectivity index (χ4n) is 1.97. The first kappa shape index (κ1) is 14.5. The number of ether oxygens (including phenoxy) is 2. The summed E-state index contributed by atoms with van der Waals surface area (Å²) >= 11 is 5.77. The van der Waals surface area contributed by atoms with Crippen molar-refractivity contribution < 1.29 is 9.47 Å². The number of aromatic nitrogens is 1. The Balaban J connectivity index is 2.20. The van der Waals surface area contributed by atoms with E-state index in [1.165, 1.54) is 0 Å². The third-order valence-electron chi connectivity index (χ3n) is 3.02. The first-order valence-electron chi connectivity index (χ1n) is 6.24. The molecule has 0 amide bonds. The topological polar surface area (TPSA) is 43.4 Å². The zero-order valence-electron chi connectivity index (χ0n) is 11.7. The summed E-state index contributed by atoms with van der Waals surface area (Å²) < 4.78 is 10.6. The van der Waals surface area contributed by atoms with Crippen LogP contribution in [0.15, 0.2) is 36.5 Å². The molecule has 1 N–H and O–H groups in total. The van der Waals surface area contributed by atoms with E-state index in [2.05, 4.69) is 17.2 Å². The lowest BCUT2D eigenvalue weighted by Crippen LogP contribution is -2.08. The average molecular weight is 293 g/mol. The van der Waals surface area contributed by atoms with E-state index in [-0.39, 0.29) is 6.04 Å². The van der Waals surface area contributed by atoms with Crippen molar-refractivity contribution in [2.75, 3.05) is 19.5 Å². The number of rotatable bonds is 5. The zero-order chi connectivity index (χ0) is 14.5. The van der Waals surface area contributed by atoms with Crippen molar-refractivity contribution in [3.63, 3.8) is 0 Å². The van der Waals surface area contributed by atoms with Crippen LogP contribution in [-0.4, -0.2) is 19.2 Å². The van der Waals surface area contributed by atoms with Crippen LogP contribution in [0.1, 0.15) is 18.5 Å². The molecular formula is C15H17ClN2O2. The maximum Gasteiger partial charge on any atom is 0.129 e. The van der Waals surface area contributed by atoms with Crippen LogP contribution in [0.2, 0.25) is 5.15 Å². The Kier molecular flexibility index (Phi) is 4.69. The maximum atomic E-state index is 5.77. The predicted molar refractivity (Wildman–Crippen MR) is 80.8 cm³/mol. The highest BCUT2D eigenvalue weighted by atomic mass is 35.5. The molecule has 4 nitrogen and oxygen atoms in total. The fraction of sp³-hybridized carbons (Fsp3) is 0.267. The lowest BCUT2D eigenvalue weighted by atomic mass is 10.1. The second-order valence-electron chi connectivity index (χ2n) is 4.34. The smallest absolute Gasteiger partial charge is 0.129 e. The van der Waals surface area contributed by atoms with Gasteiger partial charge in [0.05, 0.1) is 32.1 Å². The van der Waals surface area contributed by atoms with Crippen molar-refractivity contribution in [2.24, 2.45) is 0 Å². The van der Waals surface area contributed by atoms with Gasteiger partial charge in [0.2, 0.25) is 0 Å². The van der Waals surface area contributed by atoms with Gasteiger partial charge in [0.1, 0.15) is 16.7 Å². The number of anilines is 1. The van der Waals surface area contributed by atoms with Crippen molar-refractivity contribution in [1.29, 1.82) is 0 Å². The minimum atomic E-state index is 0.0684. The van der Waals surface area contributed by atoms with Gasteiger partial charge in [0.15, 0.2) is 0 Å². The van der Waals surface area contributed by atoms with Gasteiger partial charge < -0.3 is 14.8 Å². The Morgan fingerprint density at radius 3 is 2.55 bits per heavy atom. The van der Waals surface area contributed by atoms with Gasteiger partial charge in [-0.1, -0.05) is 11.6 Å². The molecule has 0 radical (unpaired) electrons. The van der Waals surface area contributed by atoms with E-state index in [9.17, 15) is 0 Å². The molecule has 106 valence electrons. The lowest BCUT2D eigenvalue weighted by molar-refractivity contribution is 0.390. The number of nitrogens with zero attached hydrogens (tertiary/aromatic N) is 1. The number of pyridine rings is 1. The van der Waals surface area contributed by atoms with Crippen LogP contribution in [0.5, 0.6) is 11.5 Å². The predicted octanol–water partition coefficient (Wildman–Crippen LogP) is 3.93. The summed E-state index contributed by atoms with van der Waals surface area (Å²) in [7, 11) is 3.28. The normalized spacial score (nSPS) is 11.8. The van der Waals surface area contributed by atoms with Crippen molar-refractivity contribution in [1.82, 2.24) is 4.98 Å². The van der Waals surface area contributed by atoms with Gasteiger partial charge in [-0.15, -0.1) is 0 Å². The zero-order valence-corrected chi connectivity index (χ0v) is 12.4. The summed E-state index contributed by atoms with van der Waals surface area (Å²) in [6, 6.07) is 9.48. The van der Waals surface area contributed by atoms with E-state index in [1.807, 2.05) is 24.3 Å². The number of nitrogens with one attached hydrogen (secondary N) is 1. The van der Waals surface area contributed by atoms with E-state index < -0.39 is 0 Å². The Hall–Kier alpha value is -1.94. The van der Waals surface area contributed by atoms with Crippen LogP contribution in [0.25, 0.3) is 0 Å². The highest BCUT2D eigenvalue weighted by Crippen LogP contribution is 2.31. The molecule has 20 heavy (non-hydrogen) atoms. The molecular weight excluding hydrogens is 276 g/mol. The monoisotopic (exact) mass is 292 g/mol. The number of hydrogen-bond donors (Lipinski definition) is 1. The number of benzene rings is 1. The Bertz CT molecular complexity index is 573. The third kappa shape index (κ3) is 3.33. The van der Waals surface area contributed by atoms with Gasteiger partial charge in [-0.2, -0.15) is 0 Å². The minimum absolute atomic E-state index is 0.0684. The third-order valence-corrected chi connectivity index (χ3v) is 3.24. The summed E-state index contributed by atoms with van der Waals surface area (Å²) in [6.07, 6.45) is 1.70. The average Bonchev–Trinajstić information content (AvgIpc) is 2.48. The SMILES string of the molecule is COc1ccc(C(C)Nc2ccc(Cl)nc2)c(OC)c1. The fourth-order valence-corrected chi connectivity index (χ4v) is 2.08. The van der Waals surface area contributed by atoms with Crippen molar-refractivity contribution >= 4 is 17.3 Å². The van der Waals surface area contributed by atoms with Gasteiger partial charge in [-0.05, 0) is 31.2 Å². The standard InChI is InChI=1S/C15H17ClN2O2/c1-10(18-11-4-7-15(16)17-9-11)13-6-5-12(19-2)8-14(13)20-3/h4-10,18H,1-3H3. The summed E-state index contributed by atoms with van der Waals surface area (Å²) in [5.74, 6) is 1.55. The van der Waals surface area contributed by atoms with E-state index >= 15 is 0 Å². The van der Waals surface area contributed by atoms with Gasteiger partial charge in [-0.25, -0.2) is 4.98 Å². The van der Waals surface area contributed by atoms with Crippen LogP contribution in [0.3, 0.4) is 0 Å². The largest absolute Gasteiger partial charge is 0.497 e. The summed E-state index contributed by atoms with van der Waals surface area (Å²) in [5, 5.41) is 3.83. The van der Waals surface area contributed by atoms with Crippen LogP contribution >= 0.6 is 11.6 Å². The second-order valence-corrected chi connectivity index (χ2v) is 4.73. The van der Waals surface area contributed by atoms with Crippen molar-refractivity contribution in [2.45, 2.75) is 13.0 Å². The number of hydrogen-bond acceptors (Lipinski definition) is 4. The van der Waals surface area contributed by atoms with Gasteiger partial charge >= 0.3 is 0 Å². The van der Waals surface area contributed by atoms with E-state index in [1.54, 1.807) is 26.5 Å². The summed E-state index contributed by atoms with van der Waals surface area (Å²) in [6.45, 7) is 2.05. The molecule has 1 aromatic carbocycles. The first-order chi connectivity index (χ1) is 9.63. The van der Waals surface area contributed by atoms with Crippen LogP contribution in [0, 0.1) is 0 Å². The quantitative estimate of drug-likeness (QED) is 0.848. The summed E-state index contributed by atoms with van der Waals surface area (Å²) in [5.41, 5.74) is 1.95. The molecule has 1 unspecified atom stereocenters. The molecule has 0 fully saturated rings. The van der Waals surface area contributed by atoms with Crippen molar-refractivity contribution in [3.8, 4) is 11.5 Å². The minimum Gasteiger partial charge on any atom is -0.497 e. The second kappa shape index (κ2) is 6.48. The van der Waals surface area contributed by atoms with Crippen molar-refractivity contribution in [3.05, 3.63) is 47.2 Å². The molecule has 0 aliphatic rings. The van der Waals surface area contributed by atoms with Crippen LogP contribution < -0.4 is 14.8 Å². The number of halogens is 1. The molecule has 2 rings (SSSR count). The molecule has 5 heteroatoms. The Morgan fingerprint density at radius 1 is 1.15 bits per heavy atom. The lowest BCUT2D eigenvalue weighted by Gasteiger charge is -2.18. The van der Waals surface area contributed by atoms with E-state index in [0.29, 0.717) is 5.15 Å². The van der Waals surface area contributed by atoms with Crippen LogP contribution in [-0.2, 0) is 0 Å². The molecule has 1 aromatic heterocycles. The van der Waals surface area contributed by atoms with Gasteiger partial charge in [0, 0.05) is 11.6 Å². The molecule has 0 saturated heterocycles. The van der Waals surface area contributed by atoms with Crippen LogP contribution in [0.4, 0.5) is 5.69 Å². The Labute approximate surface area is 123 Å². The van der Waals surface area contributed by atoms with E-state index in [4.69, 9.17) is 21.1 Å². The number of methoxy groups -OCH3 is 2. The summed E-state index contributed by atoms with van der Waals surface area (Å²) in [4.78, 5) is 4.05. The molecule has 1 atom stereocenters. The molecule has 0 saturated carbocycles. The van der Waals surface area contributed by atoms with E-state index in [0.717, 1.165) is 22.7 Å². The van der Waals surface area contributed by atoms with Gasteiger partial charge in [-0.3, -0.25) is 0 Å². The van der Waals surface area contributed by atoms with Gasteiger partial charge in [0.25, 0.3) is 0 Å². The molecule has 2 aromatic rings. The Morgan fingerprint density at radius 2 is 1.95 bits per heavy atom. The maximum absolute atomic E-state index is 5.77. The molecule has 0 bridgehead atoms. The molecule has 1 heterocycles. The molecule has 0 aliphatic heterocycles. The highest BCUT2D eigenvalue weighted by molar-refractivity contribution is 6.29. The molecule has 0 spiro atoms. The highest BCUT2D eigenvalue weighted by Gasteiger charge is 2.12.